The molecule has 1 aliphatic rings. The van der Waals surface area contributed by atoms with Crippen LogP contribution < -0.4 is 5.32 Å². The van der Waals surface area contributed by atoms with E-state index in [-0.39, 0.29) is 0 Å². The van der Waals surface area contributed by atoms with Gasteiger partial charge in [0.05, 0.1) is 5.56 Å². The van der Waals surface area contributed by atoms with Crippen LogP contribution in [0.3, 0.4) is 0 Å². The maximum atomic E-state index is 13.9. The Balaban J connectivity index is 1.99. The van der Waals surface area contributed by atoms with Gasteiger partial charge in [0.1, 0.15) is 12.3 Å². The van der Waals surface area contributed by atoms with Gasteiger partial charge in [-0.1, -0.05) is 18.2 Å². The number of carbonyl (C=O) groups excluding carboxylic acids is 1. The van der Waals surface area contributed by atoms with Crippen LogP contribution in [0.4, 0.5) is 4.39 Å². The molecule has 0 bridgehead atoms. The lowest BCUT2D eigenvalue weighted by Crippen LogP contribution is -2.52. The Morgan fingerprint density at radius 1 is 1.39 bits per heavy atom. The molecule has 0 radical (unpaired) electrons. The molecule has 18 heavy (non-hydrogen) atoms. The summed E-state index contributed by atoms with van der Waals surface area (Å²) in [6.45, 7) is 0.561. The first-order valence-electron chi connectivity index (χ1n) is 5.88. The van der Waals surface area contributed by atoms with Gasteiger partial charge in [-0.2, -0.15) is 0 Å². The summed E-state index contributed by atoms with van der Waals surface area (Å²) < 4.78 is 24.1. The third-order valence-corrected chi connectivity index (χ3v) is 2.94. The van der Waals surface area contributed by atoms with Crippen molar-refractivity contribution in [3.63, 3.8) is 0 Å². The zero-order valence-corrected chi connectivity index (χ0v) is 10.1. The molecule has 0 spiro atoms. The average molecular weight is 253 g/mol. The highest BCUT2D eigenvalue weighted by Gasteiger charge is 2.36. The number of nitrogens with one attached hydrogen (secondary N) is 1. The van der Waals surface area contributed by atoms with E-state index in [0.29, 0.717) is 18.5 Å². The van der Waals surface area contributed by atoms with Gasteiger partial charge >= 0.3 is 5.97 Å². The van der Waals surface area contributed by atoms with E-state index in [0.717, 1.165) is 0 Å². The van der Waals surface area contributed by atoms with Crippen LogP contribution in [0.15, 0.2) is 30.3 Å². The smallest absolute Gasteiger partial charge is 0.338 e. The van der Waals surface area contributed by atoms with E-state index in [1.165, 1.54) is 7.11 Å². The predicted molar refractivity (Wildman–Crippen MR) is 64.0 cm³/mol. The number of benzene rings is 1. The summed E-state index contributed by atoms with van der Waals surface area (Å²) in [7, 11) is 1.42. The SMILES string of the molecule is COC1NCCC(OC(=O)c2ccccc2)C1F. The van der Waals surface area contributed by atoms with Gasteiger partial charge in [-0.3, -0.25) is 5.32 Å². The van der Waals surface area contributed by atoms with Crippen LogP contribution in [0, 0.1) is 0 Å². The molecular formula is C13H16FNO3. The highest BCUT2D eigenvalue weighted by atomic mass is 19.1. The number of esters is 1. The number of halogens is 1. The van der Waals surface area contributed by atoms with Crippen LogP contribution in [0.5, 0.6) is 0 Å². The number of hydrogen-bond donors (Lipinski definition) is 1. The summed E-state index contributed by atoms with van der Waals surface area (Å²) in [5.41, 5.74) is 0.428. The molecule has 4 nitrogen and oxygen atoms in total. The van der Waals surface area contributed by atoms with Crippen LogP contribution in [0.2, 0.25) is 0 Å². The largest absolute Gasteiger partial charge is 0.455 e. The van der Waals surface area contributed by atoms with Crippen molar-refractivity contribution in [2.24, 2.45) is 0 Å². The van der Waals surface area contributed by atoms with Crippen molar-refractivity contribution in [1.82, 2.24) is 5.32 Å². The monoisotopic (exact) mass is 253 g/mol. The first kappa shape index (κ1) is 13.0. The van der Waals surface area contributed by atoms with Gasteiger partial charge in [0, 0.05) is 20.1 Å². The van der Waals surface area contributed by atoms with Crippen molar-refractivity contribution in [3.05, 3.63) is 35.9 Å². The molecule has 0 amide bonds. The Hall–Kier alpha value is -1.46. The Morgan fingerprint density at radius 2 is 2.11 bits per heavy atom. The molecule has 5 heteroatoms. The summed E-state index contributed by atoms with van der Waals surface area (Å²) in [4.78, 5) is 11.8. The normalized spacial score (nSPS) is 27.8. The molecule has 0 aromatic heterocycles. The van der Waals surface area contributed by atoms with E-state index in [2.05, 4.69) is 5.32 Å². The minimum atomic E-state index is -1.35. The highest BCUT2D eigenvalue weighted by molar-refractivity contribution is 5.89. The molecule has 1 N–H and O–H groups in total. The Morgan fingerprint density at radius 3 is 2.78 bits per heavy atom. The average Bonchev–Trinajstić information content (AvgIpc) is 2.42. The van der Waals surface area contributed by atoms with Crippen molar-refractivity contribution >= 4 is 5.97 Å². The van der Waals surface area contributed by atoms with Gasteiger partial charge in [0.2, 0.25) is 0 Å². The number of carbonyl (C=O) groups is 1. The molecular weight excluding hydrogens is 237 g/mol. The lowest BCUT2D eigenvalue weighted by molar-refractivity contribution is -0.0798. The molecule has 3 unspecified atom stereocenters. The van der Waals surface area contributed by atoms with Crippen LogP contribution in [0.25, 0.3) is 0 Å². The molecule has 1 aliphatic heterocycles. The number of methoxy groups -OCH3 is 1. The van der Waals surface area contributed by atoms with Gasteiger partial charge in [-0.05, 0) is 12.1 Å². The van der Waals surface area contributed by atoms with E-state index >= 15 is 0 Å². The van der Waals surface area contributed by atoms with Crippen LogP contribution >= 0.6 is 0 Å². The van der Waals surface area contributed by atoms with E-state index in [1.807, 2.05) is 0 Å². The Kier molecular flexibility index (Phi) is 4.28. The van der Waals surface area contributed by atoms with Gasteiger partial charge < -0.3 is 9.47 Å². The van der Waals surface area contributed by atoms with Crippen LogP contribution in [-0.4, -0.2) is 38.1 Å². The number of rotatable bonds is 3. The minimum Gasteiger partial charge on any atom is -0.455 e. The third-order valence-electron chi connectivity index (χ3n) is 2.94. The zero-order valence-electron chi connectivity index (χ0n) is 10.1. The maximum absolute atomic E-state index is 13.9. The van der Waals surface area contributed by atoms with Crippen molar-refractivity contribution in [1.29, 1.82) is 0 Å². The van der Waals surface area contributed by atoms with Crippen LogP contribution in [0.1, 0.15) is 16.8 Å². The van der Waals surface area contributed by atoms with Gasteiger partial charge in [-0.25, -0.2) is 9.18 Å². The lowest BCUT2D eigenvalue weighted by atomic mass is 10.1. The van der Waals surface area contributed by atoms with E-state index < -0.39 is 24.5 Å². The number of hydrogen-bond acceptors (Lipinski definition) is 4. The van der Waals surface area contributed by atoms with Gasteiger partial charge in [-0.15, -0.1) is 0 Å². The Bertz CT molecular complexity index is 398. The molecule has 1 fully saturated rings. The lowest BCUT2D eigenvalue weighted by Gasteiger charge is -2.32. The van der Waals surface area contributed by atoms with Crippen molar-refractivity contribution in [2.45, 2.75) is 24.9 Å². The molecule has 1 heterocycles. The zero-order chi connectivity index (χ0) is 13.0. The predicted octanol–water partition coefficient (Wildman–Crippen LogP) is 1.52. The fraction of sp³-hybridized carbons (Fsp3) is 0.462. The first-order valence-corrected chi connectivity index (χ1v) is 5.88. The van der Waals surface area contributed by atoms with Crippen molar-refractivity contribution < 1.29 is 18.7 Å². The Labute approximate surface area is 105 Å². The molecule has 0 aliphatic carbocycles. The third kappa shape index (κ3) is 2.86. The maximum Gasteiger partial charge on any atom is 0.338 e. The number of alkyl halides is 1. The summed E-state index contributed by atoms with van der Waals surface area (Å²) in [5, 5.41) is 2.87. The molecule has 3 atom stereocenters. The van der Waals surface area contributed by atoms with E-state index in [1.54, 1.807) is 30.3 Å². The topological polar surface area (TPSA) is 47.6 Å². The fourth-order valence-electron chi connectivity index (χ4n) is 1.95. The number of piperidine rings is 1. The molecule has 98 valence electrons. The van der Waals surface area contributed by atoms with E-state index in [4.69, 9.17) is 9.47 Å². The standard InChI is InChI=1S/C13H16FNO3/c1-17-12-11(14)10(7-8-15-12)18-13(16)9-5-3-2-4-6-9/h2-6,10-12,15H,7-8H2,1H3. The van der Waals surface area contributed by atoms with Gasteiger partial charge in [0.25, 0.3) is 0 Å². The molecule has 2 rings (SSSR count). The summed E-state index contributed by atoms with van der Waals surface area (Å²) >= 11 is 0. The fourth-order valence-corrected chi connectivity index (χ4v) is 1.95. The quantitative estimate of drug-likeness (QED) is 0.830. The van der Waals surface area contributed by atoms with Crippen LogP contribution in [-0.2, 0) is 9.47 Å². The minimum absolute atomic E-state index is 0.428. The van der Waals surface area contributed by atoms with Crippen molar-refractivity contribution in [3.8, 4) is 0 Å². The second-order valence-electron chi connectivity index (χ2n) is 4.15. The molecule has 1 aromatic rings. The molecule has 1 aromatic carbocycles. The summed E-state index contributed by atoms with van der Waals surface area (Å²) in [5.74, 6) is -0.500. The second-order valence-corrected chi connectivity index (χ2v) is 4.15. The summed E-state index contributed by atoms with van der Waals surface area (Å²) in [6.07, 6.45) is -2.38. The van der Waals surface area contributed by atoms with Gasteiger partial charge in [0.15, 0.2) is 6.17 Å². The first-order chi connectivity index (χ1) is 8.72. The summed E-state index contributed by atoms with van der Waals surface area (Å²) in [6, 6.07) is 8.57. The second kappa shape index (κ2) is 5.93. The van der Waals surface area contributed by atoms with Crippen molar-refractivity contribution in [2.75, 3.05) is 13.7 Å². The molecule has 0 saturated carbocycles. The van der Waals surface area contributed by atoms with E-state index in [9.17, 15) is 9.18 Å². The molecule has 1 saturated heterocycles. The number of ether oxygens (including phenoxy) is 2. The highest BCUT2D eigenvalue weighted by Crippen LogP contribution is 2.19.